The number of fused-ring (bicyclic) bond motifs is 12. The van der Waals surface area contributed by atoms with Crippen molar-refractivity contribution < 1.29 is 17.6 Å². The number of aryl methyl sites for hydroxylation is 1. The second-order valence-corrected chi connectivity index (χ2v) is 18.4. The third-order valence-corrected chi connectivity index (χ3v) is 14.5. The fraction of sp³-hybridized carbons (Fsp3) is 0.0156. The second kappa shape index (κ2) is 16.0. The summed E-state index contributed by atoms with van der Waals surface area (Å²) < 4.78 is 74.3. The van der Waals surface area contributed by atoms with E-state index < -0.39 is 18.7 Å². The molecule has 0 saturated heterocycles. The highest BCUT2D eigenvalue weighted by atomic mass is 19.1. The summed E-state index contributed by atoms with van der Waals surface area (Å²) in [6.07, 6.45) is 3.31. The number of pyridine rings is 3. The summed E-state index contributed by atoms with van der Waals surface area (Å²) >= 11 is 0. The van der Waals surface area contributed by atoms with Crippen LogP contribution in [0.3, 0.4) is 0 Å². The maximum Gasteiger partial charge on any atom is 0.258 e. The van der Waals surface area contributed by atoms with Gasteiger partial charge in [-0.05, 0) is 91.3 Å². The molecule has 0 aliphatic heterocycles. The van der Waals surface area contributed by atoms with Gasteiger partial charge in [0.05, 0.1) is 50.0 Å². The Hall–Kier alpha value is -9.93. The first-order valence-corrected chi connectivity index (χ1v) is 24.2. The van der Waals surface area contributed by atoms with Gasteiger partial charge in [0.15, 0.2) is 5.75 Å². The van der Waals surface area contributed by atoms with Crippen LogP contribution in [0.15, 0.2) is 219 Å². The van der Waals surface area contributed by atoms with Crippen molar-refractivity contribution in [2.45, 2.75) is 6.85 Å². The van der Waals surface area contributed by atoms with Gasteiger partial charge in [0.2, 0.25) is 5.95 Å². The van der Waals surface area contributed by atoms with Gasteiger partial charge in [-0.2, -0.15) is 13.8 Å². The number of para-hydroxylation sites is 6. The maximum absolute atomic E-state index is 15.9. The fourth-order valence-corrected chi connectivity index (χ4v) is 11.4. The van der Waals surface area contributed by atoms with E-state index in [4.69, 9.17) is 9.72 Å². The van der Waals surface area contributed by atoms with Gasteiger partial charge < -0.3 is 13.9 Å². The number of nitrogens with zero attached hydrogens (tertiary/aromatic N) is 7. The Bertz CT molecular complexity index is 4660. The lowest BCUT2D eigenvalue weighted by molar-refractivity contribution is 0.414. The van der Waals surface area contributed by atoms with Crippen LogP contribution in [0.4, 0.5) is 8.78 Å². The van der Waals surface area contributed by atoms with E-state index in [0.29, 0.717) is 33.6 Å². The molecule has 8 aromatic carbocycles. The third kappa shape index (κ3) is 6.08. The Balaban J connectivity index is 0.944. The highest BCUT2D eigenvalue weighted by Gasteiger charge is 2.25. The fourth-order valence-electron chi connectivity index (χ4n) is 11.4. The number of hydrogen-bond donors (Lipinski definition) is 0. The maximum atomic E-state index is 15.9. The quantitative estimate of drug-likeness (QED) is 0.149. The highest BCUT2D eigenvalue weighted by Crippen LogP contribution is 2.44. The zero-order valence-electron chi connectivity index (χ0n) is 42.1. The van der Waals surface area contributed by atoms with Gasteiger partial charge in [-0.15, -0.1) is 0 Å². The molecule has 0 fully saturated rings. The van der Waals surface area contributed by atoms with Crippen molar-refractivity contribution in [2.75, 3.05) is 0 Å². The van der Waals surface area contributed by atoms with E-state index in [1.165, 1.54) is 6.07 Å². The normalized spacial score (nSPS) is 12.8. The van der Waals surface area contributed by atoms with Crippen LogP contribution in [0, 0.1) is 18.7 Å². The summed E-state index contributed by atoms with van der Waals surface area (Å²) in [5.74, 6) is -1.91. The Morgan fingerprint density at radius 3 is 1.46 bits per heavy atom. The molecule has 10 heteroatoms. The number of aromatic nitrogens is 7. The van der Waals surface area contributed by atoms with Crippen LogP contribution >= 0.6 is 0 Å². The van der Waals surface area contributed by atoms with Crippen molar-refractivity contribution in [3.05, 3.63) is 236 Å². The number of hydrogen-bond acceptors (Lipinski definition) is 4. The Morgan fingerprint density at radius 1 is 0.419 bits per heavy atom. The van der Waals surface area contributed by atoms with Crippen molar-refractivity contribution in [3.8, 4) is 45.5 Å². The molecule has 8 nitrogen and oxygen atoms in total. The van der Waals surface area contributed by atoms with Gasteiger partial charge in [-0.1, -0.05) is 115 Å². The minimum atomic E-state index is -2.65. The molecule has 0 aliphatic rings. The topological polar surface area (TPSA) is 67.6 Å². The average molecular weight is 963 g/mol. The molecule has 0 bridgehead atoms. The van der Waals surface area contributed by atoms with E-state index in [1.807, 2.05) is 126 Å². The molecule has 0 saturated carbocycles. The average Bonchev–Trinajstić information content (AvgIpc) is 4.21. The third-order valence-electron chi connectivity index (χ3n) is 14.5. The zero-order chi connectivity index (χ0) is 51.7. The van der Waals surface area contributed by atoms with Gasteiger partial charge in [-0.25, -0.2) is 9.97 Å². The summed E-state index contributed by atoms with van der Waals surface area (Å²) in [7, 11) is 0. The predicted octanol–water partition coefficient (Wildman–Crippen LogP) is 16.3. The number of halogens is 2. The molecule has 0 unspecified atom stereocenters. The van der Waals surface area contributed by atoms with E-state index in [9.17, 15) is 4.11 Å². The molecular weight excluding hydrogens is 921 g/mol. The van der Waals surface area contributed by atoms with E-state index >= 15 is 8.78 Å². The molecule has 0 N–H and O–H groups in total. The molecule has 15 rings (SSSR count). The van der Waals surface area contributed by atoms with E-state index in [1.54, 1.807) is 35.2 Å². The molecule has 0 aliphatic carbocycles. The lowest BCUT2D eigenvalue weighted by Gasteiger charge is -2.21. The SMILES string of the molecule is [2H]C([2H])([2H])c1cc(-n2c3ccccc3c3ccc(Oc4cc(-n5c6ccccc6c6cccnc65)c(F)nc4F)cc32)ncc1-c1c(-n2c3ccccc3c3ccccc32)cccc1-n1c2ccccc2c2ccccc21. The Labute approximate surface area is 425 Å². The Morgan fingerprint density at radius 2 is 0.905 bits per heavy atom. The number of benzene rings is 8. The van der Waals surface area contributed by atoms with Crippen LogP contribution < -0.4 is 4.74 Å². The molecule has 0 atom stereocenters. The first kappa shape index (κ1) is 38.8. The lowest BCUT2D eigenvalue weighted by Crippen LogP contribution is -2.06. The molecule has 7 aromatic heterocycles. The predicted molar refractivity (Wildman–Crippen MR) is 294 cm³/mol. The molecule has 350 valence electrons. The van der Waals surface area contributed by atoms with Crippen molar-refractivity contribution in [2.24, 2.45) is 0 Å². The minimum absolute atomic E-state index is 0.0380. The van der Waals surface area contributed by atoms with Crippen LogP contribution in [0.1, 0.15) is 9.68 Å². The summed E-state index contributed by atoms with van der Waals surface area (Å²) in [6.45, 7) is -2.65. The summed E-state index contributed by atoms with van der Waals surface area (Å²) in [5.41, 5.74) is 9.09. The summed E-state index contributed by atoms with van der Waals surface area (Å²) in [4.78, 5) is 13.5. The molecular formula is C64H39F2N7O. The highest BCUT2D eigenvalue weighted by molar-refractivity contribution is 6.13. The van der Waals surface area contributed by atoms with Gasteiger partial charge in [0, 0.05) is 82.9 Å². The van der Waals surface area contributed by atoms with Crippen LogP contribution in [-0.2, 0) is 0 Å². The van der Waals surface area contributed by atoms with E-state index in [0.717, 1.165) is 82.0 Å². The van der Waals surface area contributed by atoms with Crippen LogP contribution in [0.5, 0.6) is 11.5 Å². The van der Waals surface area contributed by atoms with Crippen LogP contribution in [0.2, 0.25) is 0 Å². The van der Waals surface area contributed by atoms with Crippen molar-refractivity contribution >= 4 is 87.4 Å². The minimum Gasteiger partial charge on any atom is -0.452 e. The van der Waals surface area contributed by atoms with Crippen molar-refractivity contribution in [3.63, 3.8) is 0 Å². The van der Waals surface area contributed by atoms with Gasteiger partial charge >= 0.3 is 0 Å². The zero-order valence-corrected chi connectivity index (χ0v) is 39.1. The smallest absolute Gasteiger partial charge is 0.258 e. The number of ether oxygens (including phenoxy) is 1. The van der Waals surface area contributed by atoms with Gasteiger partial charge in [0.25, 0.3) is 5.95 Å². The monoisotopic (exact) mass is 962 g/mol. The van der Waals surface area contributed by atoms with Crippen LogP contribution in [-0.4, -0.2) is 33.2 Å². The molecule has 0 spiro atoms. The molecule has 74 heavy (non-hydrogen) atoms. The molecule has 0 amide bonds. The first-order valence-electron chi connectivity index (χ1n) is 25.7. The molecule has 15 aromatic rings. The molecule has 0 radical (unpaired) electrons. The Kier molecular flexibility index (Phi) is 8.41. The van der Waals surface area contributed by atoms with E-state index in [2.05, 4.69) is 79.8 Å². The van der Waals surface area contributed by atoms with E-state index in [-0.39, 0.29) is 22.7 Å². The lowest BCUT2D eigenvalue weighted by atomic mass is 9.98. The van der Waals surface area contributed by atoms with Gasteiger partial charge in [-0.3, -0.25) is 9.13 Å². The number of rotatable bonds is 7. The van der Waals surface area contributed by atoms with Gasteiger partial charge in [0.1, 0.15) is 22.9 Å². The summed E-state index contributed by atoms with van der Waals surface area (Å²) in [6, 6.07) is 66.6. The standard InChI is InChI=1S/C64H39F2N7O/c1-38-34-60(72-53-27-12-6-20-44(53)46-32-31-39(35-57(46)72)74-59-36-58(62(65)69-63(59)66)73-54-28-13-7-21-45(54)47-22-15-33-67-64(47)73)68-37-48(38)61-55(70-49-23-8-2-16-40(49)41-17-3-9-24-50(41)70)29-14-30-56(61)71-51-25-10-4-18-42(51)43-19-5-11-26-52(43)71/h2-37H,1H3/i1D3. The summed E-state index contributed by atoms with van der Waals surface area (Å²) in [5, 5.41) is 7.59. The largest absolute Gasteiger partial charge is 0.452 e. The second-order valence-electron chi connectivity index (χ2n) is 18.4. The van der Waals surface area contributed by atoms with Crippen molar-refractivity contribution in [1.82, 2.24) is 33.2 Å². The first-order chi connectivity index (χ1) is 37.7. The van der Waals surface area contributed by atoms with Crippen molar-refractivity contribution in [1.29, 1.82) is 0 Å². The molecule has 7 heterocycles. The van der Waals surface area contributed by atoms with Crippen LogP contribution in [0.25, 0.3) is 121 Å².